The van der Waals surface area contributed by atoms with Gasteiger partial charge in [-0.2, -0.15) is 0 Å². The summed E-state index contributed by atoms with van der Waals surface area (Å²) in [7, 11) is 0. The topological polar surface area (TPSA) is 134 Å². The van der Waals surface area contributed by atoms with Gasteiger partial charge in [-0.1, -0.05) is 6.92 Å². The lowest BCUT2D eigenvalue weighted by Gasteiger charge is -2.16. The molecule has 1 aromatic heterocycles. The zero-order valence-electron chi connectivity index (χ0n) is 18.4. The van der Waals surface area contributed by atoms with E-state index in [1.54, 1.807) is 39.8 Å². The van der Waals surface area contributed by atoms with Gasteiger partial charge >= 0.3 is 17.9 Å². The lowest BCUT2D eigenvalue weighted by Crippen LogP contribution is -2.32. The second kappa shape index (κ2) is 11.3. The molecule has 1 unspecified atom stereocenters. The number of anilines is 2. The van der Waals surface area contributed by atoms with E-state index in [9.17, 15) is 19.2 Å². The van der Waals surface area contributed by atoms with Crippen LogP contribution in [0.25, 0.3) is 0 Å². The van der Waals surface area contributed by atoms with Crippen molar-refractivity contribution in [2.75, 3.05) is 24.3 Å². The monoisotopic (exact) mass is 462 g/mol. The number of esters is 3. The molecule has 0 radical (unpaired) electrons. The van der Waals surface area contributed by atoms with Crippen molar-refractivity contribution in [2.45, 2.75) is 40.2 Å². The third kappa shape index (κ3) is 5.85. The van der Waals surface area contributed by atoms with E-state index in [0.29, 0.717) is 11.3 Å². The van der Waals surface area contributed by atoms with Crippen LogP contribution in [0.4, 0.5) is 10.7 Å². The number of hydrogen-bond donors (Lipinski definition) is 2. The maximum Gasteiger partial charge on any atom is 0.348 e. The molecule has 2 aromatic rings. The Hall–Kier alpha value is -3.40. The molecule has 0 saturated heterocycles. The average molecular weight is 463 g/mol. The van der Waals surface area contributed by atoms with Gasteiger partial charge in [0.15, 0.2) is 6.10 Å². The quantitative estimate of drug-likeness (QED) is 0.328. The first-order valence-corrected chi connectivity index (χ1v) is 10.9. The van der Waals surface area contributed by atoms with Gasteiger partial charge in [0.1, 0.15) is 9.88 Å². The van der Waals surface area contributed by atoms with Crippen molar-refractivity contribution in [3.8, 4) is 0 Å². The minimum absolute atomic E-state index is 0.0629. The van der Waals surface area contributed by atoms with E-state index in [2.05, 4.69) is 5.32 Å². The number of amides is 1. The van der Waals surface area contributed by atoms with Crippen LogP contribution < -0.4 is 11.1 Å². The molecular formula is C22H26N2O7S. The largest absolute Gasteiger partial charge is 0.462 e. The summed E-state index contributed by atoms with van der Waals surface area (Å²) in [5, 5.41) is 2.72. The maximum atomic E-state index is 12.8. The predicted octanol–water partition coefficient (Wildman–Crippen LogP) is 3.57. The van der Waals surface area contributed by atoms with Gasteiger partial charge < -0.3 is 25.3 Å². The highest BCUT2D eigenvalue weighted by Crippen LogP contribution is 2.34. The zero-order chi connectivity index (χ0) is 23.8. The van der Waals surface area contributed by atoms with Gasteiger partial charge in [-0.05, 0) is 57.0 Å². The summed E-state index contributed by atoms with van der Waals surface area (Å²) in [5.41, 5.74) is 6.76. The highest BCUT2D eigenvalue weighted by atomic mass is 32.1. The first-order valence-electron chi connectivity index (χ1n) is 10.1. The van der Waals surface area contributed by atoms with E-state index in [1.807, 2.05) is 0 Å². The van der Waals surface area contributed by atoms with Gasteiger partial charge in [-0.25, -0.2) is 14.4 Å². The number of carbonyl (C=O) groups is 4. The molecule has 0 fully saturated rings. The lowest BCUT2D eigenvalue weighted by molar-refractivity contribution is -0.124. The Labute approximate surface area is 189 Å². The molecule has 1 atom stereocenters. The van der Waals surface area contributed by atoms with Gasteiger partial charge in [0.25, 0.3) is 5.91 Å². The highest BCUT2D eigenvalue weighted by Gasteiger charge is 2.29. The molecule has 172 valence electrons. The number of hydrogen-bond acceptors (Lipinski definition) is 9. The predicted molar refractivity (Wildman–Crippen MR) is 120 cm³/mol. The van der Waals surface area contributed by atoms with Gasteiger partial charge in [-0.3, -0.25) is 4.79 Å². The van der Waals surface area contributed by atoms with Gasteiger partial charge in [-0.15, -0.1) is 11.3 Å². The molecule has 2 rings (SSSR count). The molecule has 3 N–H and O–H groups in total. The molecule has 1 heterocycles. The maximum absolute atomic E-state index is 12.8. The highest BCUT2D eigenvalue weighted by molar-refractivity contribution is 7.18. The van der Waals surface area contributed by atoms with Crippen LogP contribution in [-0.2, 0) is 19.0 Å². The van der Waals surface area contributed by atoms with Crippen LogP contribution in [0.2, 0.25) is 0 Å². The minimum atomic E-state index is -1.12. The molecule has 0 saturated carbocycles. The number of thiophene rings is 1. The number of nitrogen functional groups attached to an aromatic ring is 1. The summed E-state index contributed by atoms with van der Waals surface area (Å²) in [6, 6.07) is 6.09. The molecule has 0 aliphatic heterocycles. The molecule has 1 amide bonds. The Bertz CT molecular complexity index is 998. The molecule has 0 aliphatic carbocycles. The van der Waals surface area contributed by atoms with Crippen LogP contribution in [0.15, 0.2) is 24.3 Å². The smallest absolute Gasteiger partial charge is 0.348 e. The molecule has 10 heteroatoms. The van der Waals surface area contributed by atoms with Crippen LogP contribution in [0.1, 0.15) is 63.1 Å². The van der Waals surface area contributed by atoms with Crippen molar-refractivity contribution in [1.82, 2.24) is 0 Å². The number of nitrogens with two attached hydrogens (primary N) is 1. The van der Waals surface area contributed by atoms with Crippen LogP contribution in [0.5, 0.6) is 0 Å². The second-order valence-corrected chi connectivity index (χ2v) is 7.64. The summed E-state index contributed by atoms with van der Waals surface area (Å²) in [6.45, 7) is 6.84. The molecule has 1 aromatic carbocycles. The van der Waals surface area contributed by atoms with E-state index in [1.165, 1.54) is 12.1 Å². The zero-order valence-corrected chi connectivity index (χ0v) is 19.2. The Morgan fingerprint density at radius 3 is 2.12 bits per heavy atom. The van der Waals surface area contributed by atoms with E-state index in [4.69, 9.17) is 19.9 Å². The molecule has 0 bridgehead atoms. The Balaban J connectivity index is 2.27. The average Bonchev–Trinajstić information content (AvgIpc) is 3.08. The normalized spacial score (nSPS) is 11.4. The van der Waals surface area contributed by atoms with E-state index in [-0.39, 0.29) is 40.6 Å². The standard InChI is InChI=1S/C22H26N2O7S/c1-5-15(31-20(26)13-8-10-14(23)11-9-13)18(25)24-19-16(21(27)29-6-2)12(4)17(32-19)22(28)30-7-3/h8-11,15H,5-7,23H2,1-4H3,(H,24,25). The number of rotatable bonds is 9. The summed E-state index contributed by atoms with van der Waals surface area (Å²) in [6.07, 6.45) is -0.931. The first kappa shape index (κ1) is 24.9. The van der Waals surface area contributed by atoms with Crippen molar-refractivity contribution in [3.05, 3.63) is 45.8 Å². The fraction of sp³-hybridized carbons (Fsp3) is 0.364. The third-order valence-corrected chi connectivity index (χ3v) is 5.57. The fourth-order valence-corrected chi connectivity index (χ4v) is 3.86. The molecular weight excluding hydrogens is 436 g/mol. The molecule has 0 aliphatic rings. The van der Waals surface area contributed by atoms with Gasteiger partial charge in [0.05, 0.1) is 24.3 Å². The minimum Gasteiger partial charge on any atom is -0.462 e. The number of nitrogens with one attached hydrogen (secondary N) is 1. The number of ether oxygens (including phenoxy) is 3. The van der Waals surface area contributed by atoms with Crippen molar-refractivity contribution in [1.29, 1.82) is 0 Å². The summed E-state index contributed by atoms with van der Waals surface area (Å²) >= 11 is 0.900. The summed E-state index contributed by atoms with van der Waals surface area (Å²) in [4.78, 5) is 50.1. The summed E-state index contributed by atoms with van der Waals surface area (Å²) < 4.78 is 15.4. The van der Waals surface area contributed by atoms with Crippen LogP contribution in [-0.4, -0.2) is 43.1 Å². The molecule has 9 nitrogen and oxygen atoms in total. The van der Waals surface area contributed by atoms with Crippen molar-refractivity contribution in [2.24, 2.45) is 0 Å². The van der Waals surface area contributed by atoms with Crippen LogP contribution in [0, 0.1) is 6.92 Å². The van der Waals surface area contributed by atoms with E-state index >= 15 is 0 Å². The third-order valence-electron chi connectivity index (χ3n) is 4.38. The SMILES string of the molecule is CCOC(=O)c1sc(NC(=O)C(CC)OC(=O)c2ccc(N)cc2)c(C(=O)OCC)c1C. The number of benzene rings is 1. The Kier molecular flexibility index (Phi) is 8.77. The molecule has 0 spiro atoms. The summed E-state index contributed by atoms with van der Waals surface area (Å²) in [5.74, 6) is -2.62. The first-order chi connectivity index (χ1) is 15.2. The van der Waals surface area contributed by atoms with Gasteiger partial charge in [0, 0.05) is 5.69 Å². The van der Waals surface area contributed by atoms with E-state index < -0.39 is 29.9 Å². The molecule has 32 heavy (non-hydrogen) atoms. The van der Waals surface area contributed by atoms with Crippen molar-refractivity contribution < 1.29 is 33.4 Å². The van der Waals surface area contributed by atoms with Crippen molar-refractivity contribution in [3.63, 3.8) is 0 Å². The Morgan fingerprint density at radius 2 is 1.56 bits per heavy atom. The van der Waals surface area contributed by atoms with E-state index in [0.717, 1.165) is 11.3 Å². The Morgan fingerprint density at radius 1 is 0.969 bits per heavy atom. The van der Waals surface area contributed by atoms with Crippen molar-refractivity contribution >= 4 is 45.8 Å². The van der Waals surface area contributed by atoms with Crippen LogP contribution >= 0.6 is 11.3 Å². The second-order valence-electron chi connectivity index (χ2n) is 6.61. The lowest BCUT2D eigenvalue weighted by atomic mass is 10.1. The van der Waals surface area contributed by atoms with Crippen LogP contribution in [0.3, 0.4) is 0 Å². The number of carbonyl (C=O) groups excluding carboxylic acids is 4. The van der Waals surface area contributed by atoms with Gasteiger partial charge in [0.2, 0.25) is 0 Å². The fourth-order valence-electron chi connectivity index (χ4n) is 2.77.